The minimum absolute atomic E-state index is 0.532. The molecule has 0 amide bonds. The maximum Gasteiger partial charge on any atom is 0.121 e. The zero-order chi connectivity index (χ0) is 10.8. The average molecular weight is 205 g/mol. The first-order valence-corrected chi connectivity index (χ1v) is 5.58. The Balaban J connectivity index is 2.19. The van der Waals surface area contributed by atoms with Gasteiger partial charge in [-0.05, 0) is 43.0 Å². The topological polar surface area (TPSA) is 21.3 Å². The fourth-order valence-electron chi connectivity index (χ4n) is 2.28. The third-order valence-corrected chi connectivity index (χ3v) is 3.17. The van der Waals surface area contributed by atoms with E-state index in [4.69, 9.17) is 4.74 Å². The first-order chi connectivity index (χ1) is 7.20. The molecule has 1 aromatic carbocycles. The van der Waals surface area contributed by atoms with Crippen LogP contribution in [0.2, 0.25) is 0 Å². The van der Waals surface area contributed by atoms with Crippen molar-refractivity contribution in [1.29, 1.82) is 0 Å². The van der Waals surface area contributed by atoms with Crippen molar-refractivity contribution in [2.75, 3.05) is 13.7 Å². The third kappa shape index (κ3) is 2.15. The average Bonchev–Trinajstić information content (AvgIpc) is 2.65. The quantitative estimate of drug-likeness (QED) is 0.801. The molecule has 0 spiro atoms. The van der Waals surface area contributed by atoms with Crippen LogP contribution in [0.5, 0.6) is 5.75 Å². The zero-order valence-corrected chi connectivity index (χ0v) is 9.71. The van der Waals surface area contributed by atoms with E-state index in [1.54, 1.807) is 7.11 Å². The van der Waals surface area contributed by atoms with E-state index in [0.717, 1.165) is 18.2 Å². The lowest BCUT2D eigenvalue weighted by Gasteiger charge is -2.13. The van der Waals surface area contributed by atoms with Gasteiger partial charge in [0.15, 0.2) is 0 Å². The van der Waals surface area contributed by atoms with Crippen molar-refractivity contribution in [1.82, 2.24) is 5.32 Å². The van der Waals surface area contributed by atoms with Gasteiger partial charge in [-0.1, -0.05) is 19.1 Å². The van der Waals surface area contributed by atoms with E-state index in [1.807, 2.05) is 0 Å². The van der Waals surface area contributed by atoms with Gasteiger partial charge < -0.3 is 10.1 Å². The smallest absolute Gasteiger partial charge is 0.121 e. The SMILES string of the molecule is COc1ccc([C@H]2C[C@@H](C)CN2)cc1C. The zero-order valence-electron chi connectivity index (χ0n) is 9.71. The van der Waals surface area contributed by atoms with Gasteiger partial charge in [0, 0.05) is 6.04 Å². The largest absolute Gasteiger partial charge is 0.496 e. The molecular weight excluding hydrogens is 186 g/mol. The summed E-state index contributed by atoms with van der Waals surface area (Å²) in [5.41, 5.74) is 2.61. The van der Waals surface area contributed by atoms with Crippen LogP contribution >= 0.6 is 0 Å². The number of methoxy groups -OCH3 is 1. The third-order valence-electron chi connectivity index (χ3n) is 3.17. The summed E-state index contributed by atoms with van der Waals surface area (Å²) in [6, 6.07) is 7.00. The predicted octanol–water partition coefficient (Wildman–Crippen LogP) is 2.67. The van der Waals surface area contributed by atoms with E-state index in [2.05, 4.69) is 37.4 Å². The highest BCUT2D eigenvalue weighted by molar-refractivity contribution is 5.37. The highest BCUT2D eigenvalue weighted by atomic mass is 16.5. The van der Waals surface area contributed by atoms with Gasteiger partial charge >= 0.3 is 0 Å². The Kier molecular flexibility index (Phi) is 2.96. The van der Waals surface area contributed by atoms with Gasteiger partial charge in [0.1, 0.15) is 5.75 Å². The van der Waals surface area contributed by atoms with E-state index in [1.165, 1.54) is 17.5 Å². The predicted molar refractivity (Wildman–Crippen MR) is 62.3 cm³/mol. The molecule has 2 atom stereocenters. The van der Waals surface area contributed by atoms with Crippen molar-refractivity contribution >= 4 is 0 Å². The monoisotopic (exact) mass is 205 g/mol. The second kappa shape index (κ2) is 4.23. The van der Waals surface area contributed by atoms with Crippen molar-refractivity contribution in [3.8, 4) is 5.75 Å². The van der Waals surface area contributed by atoms with Gasteiger partial charge in [-0.25, -0.2) is 0 Å². The van der Waals surface area contributed by atoms with Gasteiger partial charge in [0.2, 0.25) is 0 Å². The van der Waals surface area contributed by atoms with Crippen LogP contribution < -0.4 is 10.1 Å². The lowest BCUT2D eigenvalue weighted by Crippen LogP contribution is -2.13. The van der Waals surface area contributed by atoms with Crippen LogP contribution in [0.3, 0.4) is 0 Å². The second-order valence-electron chi connectivity index (χ2n) is 4.53. The molecule has 0 aliphatic carbocycles. The minimum Gasteiger partial charge on any atom is -0.496 e. The summed E-state index contributed by atoms with van der Waals surface area (Å²) in [5.74, 6) is 1.77. The molecule has 2 nitrogen and oxygen atoms in total. The van der Waals surface area contributed by atoms with E-state index in [9.17, 15) is 0 Å². The molecule has 2 rings (SSSR count). The molecule has 1 fully saturated rings. The maximum atomic E-state index is 5.26. The normalized spacial score (nSPS) is 25.5. The summed E-state index contributed by atoms with van der Waals surface area (Å²) < 4.78 is 5.26. The van der Waals surface area contributed by atoms with Crippen molar-refractivity contribution in [3.05, 3.63) is 29.3 Å². The van der Waals surface area contributed by atoms with Crippen LogP contribution in [0.25, 0.3) is 0 Å². The van der Waals surface area contributed by atoms with E-state index < -0.39 is 0 Å². The molecule has 1 saturated heterocycles. The fourth-order valence-corrected chi connectivity index (χ4v) is 2.28. The molecule has 1 aliphatic heterocycles. The molecule has 82 valence electrons. The fraction of sp³-hybridized carbons (Fsp3) is 0.538. The highest BCUT2D eigenvalue weighted by Crippen LogP contribution is 2.29. The number of benzene rings is 1. The van der Waals surface area contributed by atoms with Crippen molar-refractivity contribution in [2.45, 2.75) is 26.3 Å². The first kappa shape index (κ1) is 10.5. The van der Waals surface area contributed by atoms with E-state index in [-0.39, 0.29) is 0 Å². The van der Waals surface area contributed by atoms with Crippen molar-refractivity contribution in [2.24, 2.45) is 5.92 Å². The molecule has 1 N–H and O–H groups in total. The Labute approximate surface area is 91.6 Å². The molecule has 0 aromatic heterocycles. The van der Waals surface area contributed by atoms with Crippen molar-refractivity contribution < 1.29 is 4.74 Å². The van der Waals surface area contributed by atoms with E-state index in [0.29, 0.717) is 6.04 Å². The summed E-state index contributed by atoms with van der Waals surface area (Å²) in [6.45, 7) is 5.53. The molecule has 0 unspecified atom stereocenters. The van der Waals surface area contributed by atoms with Crippen LogP contribution in [0.1, 0.15) is 30.5 Å². The summed E-state index contributed by atoms with van der Waals surface area (Å²) in [5, 5.41) is 3.55. The molecular formula is C13H19NO. The molecule has 15 heavy (non-hydrogen) atoms. The molecule has 0 bridgehead atoms. The lowest BCUT2D eigenvalue weighted by atomic mass is 9.99. The number of nitrogens with one attached hydrogen (secondary N) is 1. The Morgan fingerprint density at radius 3 is 2.73 bits per heavy atom. The Hall–Kier alpha value is -1.02. The molecule has 0 saturated carbocycles. The van der Waals surface area contributed by atoms with Gasteiger partial charge in [-0.15, -0.1) is 0 Å². The summed E-state index contributed by atoms with van der Waals surface area (Å²) in [4.78, 5) is 0. The van der Waals surface area contributed by atoms with Gasteiger partial charge in [0.05, 0.1) is 7.11 Å². The van der Waals surface area contributed by atoms with Crippen LogP contribution in [0, 0.1) is 12.8 Å². The minimum atomic E-state index is 0.532. The number of ether oxygens (including phenoxy) is 1. The van der Waals surface area contributed by atoms with E-state index >= 15 is 0 Å². The molecule has 1 aromatic rings. The Morgan fingerprint density at radius 1 is 1.40 bits per heavy atom. The van der Waals surface area contributed by atoms with Crippen molar-refractivity contribution in [3.63, 3.8) is 0 Å². The molecule has 2 heteroatoms. The van der Waals surface area contributed by atoms with Crippen LogP contribution in [-0.4, -0.2) is 13.7 Å². The number of hydrogen-bond donors (Lipinski definition) is 1. The van der Waals surface area contributed by atoms with Gasteiger partial charge in [-0.2, -0.15) is 0 Å². The Bertz CT molecular complexity index is 348. The van der Waals surface area contributed by atoms with Gasteiger partial charge in [0.25, 0.3) is 0 Å². The standard InChI is InChI=1S/C13H19NO/c1-9-6-12(14-8-9)11-4-5-13(15-3)10(2)7-11/h4-5,7,9,12,14H,6,8H2,1-3H3/t9-,12-/m1/s1. The second-order valence-corrected chi connectivity index (χ2v) is 4.53. The Morgan fingerprint density at radius 2 is 2.20 bits per heavy atom. The van der Waals surface area contributed by atoms with Crippen LogP contribution in [0.15, 0.2) is 18.2 Å². The molecule has 0 radical (unpaired) electrons. The highest BCUT2D eigenvalue weighted by Gasteiger charge is 2.22. The summed E-state index contributed by atoms with van der Waals surface area (Å²) in [6.07, 6.45) is 1.24. The summed E-state index contributed by atoms with van der Waals surface area (Å²) >= 11 is 0. The molecule has 1 aliphatic rings. The van der Waals surface area contributed by atoms with Gasteiger partial charge in [-0.3, -0.25) is 0 Å². The number of rotatable bonds is 2. The summed E-state index contributed by atoms with van der Waals surface area (Å²) in [7, 11) is 1.72. The maximum absolute atomic E-state index is 5.26. The molecule has 1 heterocycles. The van der Waals surface area contributed by atoms with Crippen LogP contribution in [0.4, 0.5) is 0 Å². The first-order valence-electron chi connectivity index (χ1n) is 5.58. The number of hydrogen-bond acceptors (Lipinski definition) is 2. The van der Waals surface area contributed by atoms with Crippen LogP contribution in [-0.2, 0) is 0 Å². The lowest BCUT2D eigenvalue weighted by molar-refractivity contribution is 0.411. The number of aryl methyl sites for hydroxylation is 1.